The molecule has 1 aliphatic heterocycles. The van der Waals surface area contributed by atoms with Gasteiger partial charge in [-0.1, -0.05) is 30.3 Å². The standard InChI is InChI=1S/C18H18F3N5O2S/c19-18(20,21)12-9-13(23-17-15(12)16(22)24-25-17)14-7-4-8-26(14)29(27,28)10-11-5-2-1-3-6-11/h1-3,5-6,9,14H,4,7-8,10H2,(H3,22,23,24,25)/t14-/m1/s1. The van der Waals surface area contributed by atoms with E-state index in [-0.39, 0.29) is 34.8 Å². The molecule has 0 aliphatic carbocycles. The highest BCUT2D eigenvalue weighted by molar-refractivity contribution is 7.88. The number of hydrogen-bond acceptors (Lipinski definition) is 5. The molecule has 2 aromatic heterocycles. The predicted molar refractivity (Wildman–Crippen MR) is 101 cm³/mol. The lowest BCUT2D eigenvalue weighted by atomic mass is 10.1. The number of rotatable bonds is 4. The van der Waals surface area contributed by atoms with Gasteiger partial charge in [0.2, 0.25) is 10.0 Å². The van der Waals surface area contributed by atoms with Crippen molar-refractivity contribution in [1.29, 1.82) is 0 Å². The summed E-state index contributed by atoms with van der Waals surface area (Å²) in [5, 5.41) is 5.76. The Morgan fingerprint density at radius 3 is 2.66 bits per heavy atom. The number of hydrogen-bond donors (Lipinski definition) is 2. The molecule has 154 valence electrons. The van der Waals surface area contributed by atoms with Gasteiger partial charge in [0.15, 0.2) is 5.65 Å². The molecule has 1 aromatic carbocycles. The van der Waals surface area contributed by atoms with Crippen LogP contribution in [0.15, 0.2) is 36.4 Å². The van der Waals surface area contributed by atoms with Crippen LogP contribution in [0.3, 0.4) is 0 Å². The number of benzene rings is 1. The van der Waals surface area contributed by atoms with Crippen LogP contribution in [0.4, 0.5) is 19.0 Å². The van der Waals surface area contributed by atoms with Crippen LogP contribution in [0.2, 0.25) is 0 Å². The average Bonchev–Trinajstić information content (AvgIpc) is 3.28. The summed E-state index contributed by atoms with van der Waals surface area (Å²) in [6, 6.07) is 8.74. The second kappa shape index (κ2) is 6.99. The van der Waals surface area contributed by atoms with Gasteiger partial charge in [-0.15, -0.1) is 0 Å². The van der Waals surface area contributed by atoms with Gasteiger partial charge in [-0.2, -0.15) is 22.6 Å². The summed E-state index contributed by atoms with van der Waals surface area (Å²) in [7, 11) is -3.75. The number of nitrogens with zero attached hydrogens (tertiary/aromatic N) is 3. The number of aromatic nitrogens is 3. The summed E-state index contributed by atoms with van der Waals surface area (Å²) < 4.78 is 68.0. The number of nitrogens with one attached hydrogen (secondary N) is 1. The molecule has 11 heteroatoms. The van der Waals surface area contributed by atoms with Gasteiger partial charge in [-0.25, -0.2) is 13.4 Å². The largest absolute Gasteiger partial charge is 0.417 e. The Morgan fingerprint density at radius 1 is 1.24 bits per heavy atom. The van der Waals surface area contributed by atoms with Gasteiger partial charge in [-0.05, 0) is 24.5 Å². The van der Waals surface area contributed by atoms with Crippen molar-refractivity contribution >= 4 is 26.9 Å². The van der Waals surface area contributed by atoms with Gasteiger partial charge in [0.25, 0.3) is 0 Å². The Hall–Kier alpha value is -2.66. The number of nitrogens with two attached hydrogens (primary N) is 1. The topological polar surface area (TPSA) is 105 Å². The Labute approximate surface area is 164 Å². The zero-order chi connectivity index (χ0) is 20.8. The summed E-state index contributed by atoms with van der Waals surface area (Å²) in [5.41, 5.74) is 5.07. The van der Waals surface area contributed by atoms with Crippen molar-refractivity contribution in [2.75, 3.05) is 12.3 Å². The van der Waals surface area contributed by atoms with E-state index in [2.05, 4.69) is 15.2 Å². The van der Waals surface area contributed by atoms with Crippen LogP contribution in [-0.4, -0.2) is 34.4 Å². The number of alkyl halides is 3. The Bertz CT molecular complexity index is 1150. The van der Waals surface area contributed by atoms with Crippen molar-refractivity contribution in [2.45, 2.75) is 30.8 Å². The number of pyridine rings is 1. The number of halogens is 3. The molecule has 29 heavy (non-hydrogen) atoms. The highest BCUT2D eigenvalue weighted by Crippen LogP contribution is 2.40. The van der Waals surface area contributed by atoms with E-state index < -0.39 is 27.8 Å². The molecule has 0 unspecified atom stereocenters. The quantitative estimate of drug-likeness (QED) is 0.668. The minimum Gasteiger partial charge on any atom is -0.383 e. The average molecular weight is 425 g/mol. The minimum absolute atomic E-state index is 0.0189. The minimum atomic E-state index is -4.68. The van der Waals surface area contributed by atoms with Crippen molar-refractivity contribution in [3.63, 3.8) is 0 Å². The molecule has 1 aliphatic rings. The zero-order valence-corrected chi connectivity index (χ0v) is 16.0. The van der Waals surface area contributed by atoms with Crippen LogP contribution in [0.5, 0.6) is 0 Å². The van der Waals surface area contributed by atoms with Gasteiger partial charge < -0.3 is 5.73 Å². The highest BCUT2D eigenvalue weighted by Gasteiger charge is 2.40. The summed E-state index contributed by atoms with van der Waals surface area (Å²) in [6.07, 6.45) is -3.77. The SMILES string of the molecule is Nc1[nH]nc2nc([C@H]3CCCN3S(=O)(=O)Cc3ccccc3)cc(C(F)(F)F)c12. The summed E-state index contributed by atoms with van der Waals surface area (Å²) in [4.78, 5) is 4.19. The number of nitrogen functional groups attached to an aromatic ring is 1. The Morgan fingerprint density at radius 2 is 1.97 bits per heavy atom. The smallest absolute Gasteiger partial charge is 0.383 e. The monoisotopic (exact) mass is 425 g/mol. The first-order valence-corrected chi connectivity index (χ1v) is 10.5. The third-order valence-corrected chi connectivity index (χ3v) is 6.82. The molecule has 3 N–H and O–H groups in total. The van der Waals surface area contributed by atoms with Crippen LogP contribution in [0.25, 0.3) is 11.0 Å². The molecule has 3 heterocycles. The maximum absolute atomic E-state index is 13.6. The van der Waals surface area contributed by atoms with Crippen LogP contribution in [0.1, 0.15) is 35.7 Å². The second-order valence-electron chi connectivity index (χ2n) is 6.94. The van der Waals surface area contributed by atoms with Crippen molar-refractivity contribution in [1.82, 2.24) is 19.5 Å². The fourth-order valence-corrected chi connectivity index (χ4v) is 5.49. The molecule has 1 saturated heterocycles. The molecule has 0 spiro atoms. The molecule has 7 nitrogen and oxygen atoms in total. The lowest BCUT2D eigenvalue weighted by Gasteiger charge is -2.24. The van der Waals surface area contributed by atoms with E-state index in [4.69, 9.17) is 5.73 Å². The molecule has 0 radical (unpaired) electrons. The van der Waals surface area contributed by atoms with Crippen molar-refractivity contribution in [3.05, 3.63) is 53.2 Å². The van der Waals surface area contributed by atoms with E-state index in [1.54, 1.807) is 30.3 Å². The number of H-pyrrole nitrogens is 1. The van der Waals surface area contributed by atoms with E-state index in [0.29, 0.717) is 18.4 Å². The van der Waals surface area contributed by atoms with Crippen LogP contribution < -0.4 is 5.73 Å². The summed E-state index contributed by atoms with van der Waals surface area (Å²) in [5.74, 6) is -0.458. The van der Waals surface area contributed by atoms with Gasteiger partial charge in [0, 0.05) is 6.54 Å². The first-order chi connectivity index (χ1) is 13.7. The maximum Gasteiger partial charge on any atom is 0.417 e. The molecule has 0 saturated carbocycles. The van der Waals surface area contributed by atoms with E-state index in [1.165, 1.54) is 4.31 Å². The third-order valence-electron chi connectivity index (χ3n) is 4.97. The van der Waals surface area contributed by atoms with Gasteiger partial charge in [0.05, 0.1) is 28.4 Å². The Kier molecular flexibility index (Phi) is 4.74. The van der Waals surface area contributed by atoms with Gasteiger partial charge in [0.1, 0.15) is 5.82 Å². The first kappa shape index (κ1) is 19.6. The Balaban J connectivity index is 1.75. The highest BCUT2D eigenvalue weighted by atomic mass is 32.2. The van der Waals surface area contributed by atoms with Crippen LogP contribution >= 0.6 is 0 Å². The van der Waals surface area contributed by atoms with E-state index >= 15 is 0 Å². The molecular formula is C18H18F3N5O2S. The van der Waals surface area contributed by atoms with Crippen molar-refractivity contribution < 1.29 is 21.6 Å². The predicted octanol–water partition coefficient (Wildman–Crippen LogP) is 3.23. The number of anilines is 1. The molecule has 0 amide bonds. The number of aromatic amines is 1. The molecular weight excluding hydrogens is 407 g/mol. The van der Waals surface area contributed by atoms with Crippen LogP contribution in [-0.2, 0) is 22.0 Å². The van der Waals surface area contributed by atoms with Crippen molar-refractivity contribution in [3.8, 4) is 0 Å². The lowest BCUT2D eigenvalue weighted by Crippen LogP contribution is -2.32. The van der Waals surface area contributed by atoms with E-state index in [9.17, 15) is 21.6 Å². The molecule has 3 aromatic rings. The van der Waals surface area contributed by atoms with Gasteiger partial charge in [-0.3, -0.25) is 5.10 Å². The number of fused-ring (bicyclic) bond motifs is 1. The fourth-order valence-electron chi connectivity index (χ4n) is 3.70. The van der Waals surface area contributed by atoms with E-state index in [0.717, 1.165) is 6.07 Å². The summed E-state index contributed by atoms with van der Waals surface area (Å²) >= 11 is 0. The van der Waals surface area contributed by atoms with E-state index in [1.807, 2.05) is 0 Å². The van der Waals surface area contributed by atoms with Crippen LogP contribution in [0, 0.1) is 0 Å². The van der Waals surface area contributed by atoms with Gasteiger partial charge >= 0.3 is 6.18 Å². The number of sulfonamides is 1. The summed E-state index contributed by atoms with van der Waals surface area (Å²) in [6.45, 7) is 0.226. The molecule has 4 rings (SSSR count). The molecule has 1 atom stereocenters. The fraction of sp³-hybridized carbons (Fsp3) is 0.333. The first-order valence-electron chi connectivity index (χ1n) is 8.92. The zero-order valence-electron chi connectivity index (χ0n) is 15.1. The third kappa shape index (κ3) is 3.67. The lowest BCUT2D eigenvalue weighted by molar-refractivity contribution is -0.136. The second-order valence-corrected chi connectivity index (χ2v) is 8.86. The van der Waals surface area contributed by atoms with Crippen molar-refractivity contribution in [2.24, 2.45) is 0 Å². The normalized spacial score (nSPS) is 18.5. The molecule has 1 fully saturated rings. The maximum atomic E-state index is 13.6. The molecule has 0 bridgehead atoms.